The van der Waals surface area contributed by atoms with E-state index in [4.69, 9.17) is 5.11 Å². The molecule has 1 aliphatic heterocycles. The monoisotopic (exact) mass is 306 g/mol. The second kappa shape index (κ2) is 7.11. The lowest BCUT2D eigenvalue weighted by Gasteiger charge is -2.30. The summed E-state index contributed by atoms with van der Waals surface area (Å²) in [5, 5.41) is 12.2. The molecule has 7 heteroatoms. The summed E-state index contributed by atoms with van der Waals surface area (Å²) in [6.45, 7) is 1.94. The lowest BCUT2D eigenvalue weighted by atomic mass is 9.97. The number of carbonyl (C=O) groups excluding carboxylic acids is 1. The number of hydrogen-bond acceptors (Lipinski definition) is 4. The van der Waals surface area contributed by atoms with Gasteiger partial charge in [0.1, 0.15) is 5.69 Å². The molecule has 1 fully saturated rings. The number of piperidine rings is 1. The van der Waals surface area contributed by atoms with Crippen LogP contribution in [0.1, 0.15) is 23.3 Å². The molecule has 1 aromatic heterocycles. The largest absolute Gasteiger partial charge is 0.465 e. The number of carbonyl (C=O) groups is 2. The number of likely N-dealkylation sites (tertiary alicyclic amines) is 1. The van der Waals surface area contributed by atoms with E-state index in [1.807, 2.05) is 6.07 Å². The van der Waals surface area contributed by atoms with Crippen molar-refractivity contribution >= 4 is 17.7 Å². The third kappa shape index (κ3) is 4.09. The minimum absolute atomic E-state index is 0.126. The smallest absolute Gasteiger partial charge is 0.407 e. The van der Waals surface area contributed by atoms with Crippen LogP contribution in [0.5, 0.6) is 0 Å². The summed E-state index contributed by atoms with van der Waals surface area (Å²) in [4.78, 5) is 29.8. The Kier molecular flexibility index (Phi) is 5.19. The first-order valence-corrected chi connectivity index (χ1v) is 7.37. The molecule has 0 unspecified atom stereocenters. The van der Waals surface area contributed by atoms with E-state index in [0.717, 1.165) is 25.1 Å². The number of amides is 2. The van der Waals surface area contributed by atoms with Gasteiger partial charge >= 0.3 is 6.09 Å². The Morgan fingerprint density at radius 3 is 2.68 bits per heavy atom. The molecule has 0 atom stereocenters. The number of carboxylic acid groups (broad SMARTS) is 1. The molecule has 2 rings (SSSR count). The Hall–Kier alpha value is -2.31. The number of nitrogens with one attached hydrogen (secondary N) is 1. The van der Waals surface area contributed by atoms with Gasteiger partial charge in [0.25, 0.3) is 5.91 Å². The van der Waals surface area contributed by atoms with Crippen molar-refractivity contribution in [1.29, 1.82) is 0 Å². The highest BCUT2D eigenvalue weighted by Crippen LogP contribution is 2.18. The minimum Gasteiger partial charge on any atom is -0.465 e. The second-order valence-electron chi connectivity index (χ2n) is 5.72. The highest BCUT2D eigenvalue weighted by molar-refractivity contribution is 5.92. The average Bonchev–Trinajstić information content (AvgIpc) is 2.52. The third-order valence-electron chi connectivity index (χ3n) is 3.87. The van der Waals surface area contributed by atoms with Crippen LogP contribution in [-0.4, -0.2) is 65.6 Å². The van der Waals surface area contributed by atoms with Crippen molar-refractivity contribution in [3.63, 3.8) is 0 Å². The SMILES string of the molecule is CN(C)C(=O)c1cc(NCC2CCN(C(=O)O)CC2)ccn1. The maximum absolute atomic E-state index is 11.9. The van der Waals surface area contributed by atoms with Gasteiger partial charge in [-0.25, -0.2) is 4.79 Å². The van der Waals surface area contributed by atoms with Crippen LogP contribution in [0.15, 0.2) is 18.3 Å². The van der Waals surface area contributed by atoms with Crippen molar-refractivity contribution in [2.24, 2.45) is 5.92 Å². The highest BCUT2D eigenvalue weighted by Gasteiger charge is 2.22. The predicted molar refractivity (Wildman–Crippen MR) is 83.1 cm³/mol. The average molecular weight is 306 g/mol. The zero-order chi connectivity index (χ0) is 16.1. The van der Waals surface area contributed by atoms with Crippen molar-refractivity contribution in [3.05, 3.63) is 24.0 Å². The van der Waals surface area contributed by atoms with Crippen molar-refractivity contribution in [2.45, 2.75) is 12.8 Å². The molecule has 0 saturated carbocycles. The van der Waals surface area contributed by atoms with E-state index in [1.165, 1.54) is 9.80 Å². The van der Waals surface area contributed by atoms with Crippen LogP contribution in [0.3, 0.4) is 0 Å². The Labute approximate surface area is 129 Å². The maximum Gasteiger partial charge on any atom is 0.407 e. The van der Waals surface area contributed by atoms with Crippen molar-refractivity contribution < 1.29 is 14.7 Å². The molecule has 1 aromatic rings. The number of pyridine rings is 1. The zero-order valence-electron chi connectivity index (χ0n) is 13.0. The first-order chi connectivity index (χ1) is 10.5. The van der Waals surface area contributed by atoms with Gasteiger partial charge in [-0.05, 0) is 30.9 Å². The molecule has 0 aromatic carbocycles. The lowest BCUT2D eigenvalue weighted by molar-refractivity contribution is 0.0822. The fraction of sp³-hybridized carbons (Fsp3) is 0.533. The van der Waals surface area contributed by atoms with Gasteiger partial charge in [-0.3, -0.25) is 9.78 Å². The predicted octanol–water partition coefficient (Wildman–Crippen LogP) is 1.59. The number of rotatable bonds is 4. The van der Waals surface area contributed by atoms with Gasteiger partial charge in [-0.1, -0.05) is 0 Å². The van der Waals surface area contributed by atoms with Gasteiger partial charge in [-0.15, -0.1) is 0 Å². The molecule has 22 heavy (non-hydrogen) atoms. The molecule has 2 N–H and O–H groups in total. The first kappa shape index (κ1) is 16.1. The third-order valence-corrected chi connectivity index (χ3v) is 3.87. The van der Waals surface area contributed by atoms with Crippen LogP contribution in [0, 0.1) is 5.92 Å². The number of hydrogen-bond donors (Lipinski definition) is 2. The van der Waals surface area contributed by atoms with Crippen LogP contribution in [0.25, 0.3) is 0 Å². The van der Waals surface area contributed by atoms with E-state index in [-0.39, 0.29) is 5.91 Å². The summed E-state index contributed by atoms with van der Waals surface area (Å²) in [5.74, 6) is 0.315. The summed E-state index contributed by atoms with van der Waals surface area (Å²) >= 11 is 0. The molecule has 7 nitrogen and oxygen atoms in total. The fourth-order valence-corrected chi connectivity index (χ4v) is 2.48. The van der Waals surface area contributed by atoms with Gasteiger partial charge in [0.15, 0.2) is 0 Å². The molecule has 1 aliphatic rings. The molecule has 0 bridgehead atoms. The molecular formula is C15H22N4O3. The van der Waals surface area contributed by atoms with Gasteiger partial charge in [0, 0.05) is 45.6 Å². The Balaban J connectivity index is 1.86. The molecule has 0 aliphatic carbocycles. The second-order valence-corrected chi connectivity index (χ2v) is 5.72. The quantitative estimate of drug-likeness (QED) is 0.882. The van der Waals surface area contributed by atoms with Gasteiger partial charge in [0.2, 0.25) is 0 Å². The van der Waals surface area contributed by atoms with Crippen molar-refractivity contribution in [2.75, 3.05) is 39.0 Å². The normalized spacial score (nSPS) is 15.5. The van der Waals surface area contributed by atoms with Gasteiger partial charge < -0.3 is 20.2 Å². The van der Waals surface area contributed by atoms with Crippen LogP contribution >= 0.6 is 0 Å². The van der Waals surface area contributed by atoms with E-state index < -0.39 is 6.09 Å². The summed E-state index contributed by atoms with van der Waals surface area (Å²) < 4.78 is 0. The van der Waals surface area contributed by atoms with Crippen LogP contribution in [-0.2, 0) is 0 Å². The summed E-state index contributed by atoms with van der Waals surface area (Å²) in [6.07, 6.45) is 2.49. The molecule has 120 valence electrons. The molecule has 2 heterocycles. The van der Waals surface area contributed by atoms with E-state index in [9.17, 15) is 9.59 Å². The van der Waals surface area contributed by atoms with E-state index >= 15 is 0 Å². The van der Waals surface area contributed by atoms with Gasteiger partial charge in [0.05, 0.1) is 0 Å². The number of aromatic nitrogens is 1. The Bertz CT molecular complexity index is 539. The molecule has 0 spiro atoms. The van der Waals surface area contributed by atoms with E-state index in [0.29, 0.717) is 24.7 Å². The summed E-state index contributed by atoms with van der Waals surface area (Å²) in [7, 11) is 3.39. The highest BCUT2D eigenvalue weighted by atomic mass is 16.4. The maximum atomic E-state index is 11.9. The summed E-state index contributed by atoms with van der Waals surface area (Å²) in [5.41, 5.74) is 1.27. The van der Waals surface area contributed by atoms with Crippen LogP contribution in [0.4, 0.5) is 10.5 Å². The number of nitrogens with zero attached hydrogens (tertiary/aromatic N) is 3. The van der Waals surface area contributed by atoms with Crippen molar-refractivity contribution in [1.82, 2.24) is 14.8 Å². The molecule has 2 amide bonds. The number of anilines is 1. The van der Waals surface area contributed by atoms with Crippen LogP contribution in [0.2, 0.25) is 0 Å². The van der Waals surface area contributed by atoms with Crippen molar-refractivity contribution in [3.8, 4) is 0 Å². The first-order valence-electron chi connectivity index (χ1n) is 7.37. The molecule has 0 radical (unpaired) electrons. The Morgan fingerprint density at radius 2 is 2.09 bits per heavy atom. The standard InChI is InChI=1S/C15H22N4O3/c1-18(2)14(20)13-9-12(3-6-16-13)17-10-11-4-7-19(8-5-11)15(21)22/h3,6,9,11H,4-5,7-8,10H2,1-2H3,(H,16,17)(H,21,22). The topological polar surface area (TPSA) is 85.8 Å². The zero-order valence-corrected chi connectivity index (χ0v) is 13.0. The van der Waals surface area contributed by atoms with E-state index in [2.05, 4.69) is 10.3 Å². The minimum atomic E-state index is -0.840. The molecular weight excluding hydrogens is 284 g/mol. The molecule has 1 saturated heterocycles. The summed E-state index contributed by atoms with van der Waals surface area (Å²) in [6, 6.07) is 3.58. The van der Waals surface area contributed by atoms with E-state index in [1.54, 1.807) is 26.4 Å². The Morgan fingerprint density at radius 1 is 1.41 bits per heavy atom. The lowest BCUT2D eigenvalue weighted by Crippen LogP contribution is -2.39. The van der Waals surface area contributed by atoms with Crippen LogP contribution < -0.4 is 5.32 Å². The van der Waals surface area contributed by atoms with Gasteiger partial charge in [-0.2, -0.15) is 0 Å². The fourth-order valence-electron chi connectivity index (χ4n) is 2.48.